The molecule has 0 spiro atoms. The second-order valence-electron chi connectivity index (χ2n) is 7.37. The van der Waals surface area contributed by atoms with E-state index in [0.717, 1.165) is 24.3 Å². The molecule has 0 atom stereocenters. The van der Waals surface area contributed by atoms with Crippen LogP contribution in [-0.2, 0) is 12.8 Å². The molecule has 156 valence electrons. The van der Waals surface area contributed by atoms with E-state index in [9.17, 15) is 0 Å². The van der Waals surface area contributed by atoms with Crippen LogP contribution in [0.3, 0.4) is 0 Å². The minimum absolute atomic E-state index is 0.849. The highest BCUT2D eigenvalue weighted by Crippen LogP contribution is 2.34. The maximum Gasteiger partial charge on any atom is 0.131 e. The zero-order chi connectivity index (χ0) is 21.5. The van der Waals surface area contributed by atoms with Gasteiger partial charge in [0.15, 0.2) is 0 Å². The first kappa shape index (κ1) is 21.6. The predicted octanol–water partition coefficient (Wildman–Crippen LogP) is 8.10. The fraction of sp³-hybridized carbons (Fsp3) is 0.143. The van der Waals surface area contributed by atoms with Gasteiger partial charge in [0.05, 0.1) is 0 Å². The lowest BCUT2D eigenvalue weighted by atomic mass is 10.0. The van der Waals surface area contributed by atoms with Crippen LogP contribution >= 0.6 is 23.5 Å². The number of hydrogen-bond acceptors (Lipinski definition) is 3. The Labute approximate surface area is 193 Å². The number of ether oxygens (including phenoxy) is 1. The first-order chi connectivity index (χ1) is 15.2. The van der Waals surface area contributed by atoms with E-state index in [2.05, 4.69) is 110 Å². The lowest BCUT2D eigenvalue weighted by Crippen LogP contribution is -1.98. The third kappa shape index (κ3) is 5.75. The molecule has 0 bridgehead atoms. The summed E-state index contributed by atoms with van der Waals surface area (Å²) in [6.45, 7) is 0. The molecule has 31 heavy (non-hydrogen) atoms. The van der Waals surface area contributed by atoms with Crippen LogP contribution in [0, 0.1) is 0 Å². The van der Waals surface area contributed by atoms with E-state index in [1.807, 2.05) is 0 Å². The van der Waals surface area contributed by atoms with Crippen LogP contribution in [0.4, 0.5) is 0 Å². The largest absolute Gasteiger partial charge is 0.457 e. The lowest BCUT2D eigenvalue weighted by molar-refractivity contribution is 0.471. The van der Waals surface area contributed by atoms with Gasteiger partial charge < -0.3 is 4.74 Å². The normalized spacial score (nSPS) is 10.8. The van der Waals surface area contributed by atoms with Crippen molar-refractivity contribution in [2.45, 2.75) is 22.6 Å². The summed E-state index contributed by atoms with van der Waals surface area (Å²) in [5.41, 5.74) is 4.98. The Morgan fingerprint density at radius 1 is 0.548 bits per heavy atom. The third-order valence-corrected chi connectivity index (χ3v) is 6.68. The fourth-order valence-corrected chi connectivity index (χ4v) is 4.52. The van der Waals surface area contributed by atoms with Crippen molar-refractivity contribution >= 4 is 23.5 Å². The Morgan fingerprint density at radius 2 is 0.968 bits per heavy atom. The summed E-state index contributed by atoms with van der Waals surface area (Å²) >= 11 is 3.52. The standard InChI is InChI=1S/C28H26OS2/c1-30-25-13-15-27(23(19-25)17-21-9-5-3-6-10-21)29-28-16-14-26(31-2)20-24(28)18-22-11-7-4-8-12-22/h3-16,19-20H,17-18H2,1-2H3. The van der Waals surface area contributed by atoms with Gasteiger partial charge in [-0.05, 0) is 60.0 Å². The van der Waals surface area contributed by atoms with Crippen molar-refractivity contribution in [2.24, 2.45) is 0 Å². The van der Waals surface area contributed by atoms with Gasteiger partial charge in [-0.15, -0.1) is 23.5 Å². The Balaban J connectivity index is 1.68. The highest BCUT2D eigenvalue weighted by molar-refractivity contribution is 7.98. The van der Waals surface area contributed by atoms with Gasteiger partial charge in [0.2, 0.25) is 0 Å². The Hall–Kier alpha value is -2.62. The van der Waals surface area contributed by atoms with Crippen LogP contribution in [0.2, 0.25) is 0 Å². The zero-order valence-corrected chi connectivity index (χ0v) is 19.5. The first-order valence-electron chi connectivity index (χ1n) is 10.3. The summed E-state index contributed by atoms with van der Waals surface area (Å²) in [5.74, 6) is 1.85. The molecule has 0 aliphatic rings. The van der Waals surface area contributed by atoms with E-state index in [0.29, 0.717) is 0 Å². The molecule has 0 aromatic heterocycles. The second kappa shape index (κ2) is 10.6. The highest BCUT2D eigenvalue weighted by atomic mass is 32.2. The number of benzene rings is 4. The average molecular weight is 443 g/mol. The average Bonchev–Trinajstić information content (AvgIpc) is 2.82. The Kier molecular flexibility index (Phi) is 7.39. The predicted molar refractivity (Wildman–Crippen MR) is 135 cm³/mol. The quantitative estimate of drug-likeness (QED) is 0.255. The van der Waals surface area contributed by atoms with Gasteiger partial charge in [-0.25, -0.2) is 0 Å². The van der Waals surface area contributed by atoms with Gasteiger partial charge in [0.1, 0.15) is 11.5 Å². The van der Waals surface area contributed by atoms with E-state index in [-0.39, 0.29) is 0 Å². The summed E-state index contributed by atoms with van der Waals surface area (Å²) in [6, 6.07) is 34.2. The fourth-order valence-electron chi connectivity index (χ4n) is 3.59. The van der Waals surface area contributed by atoms with E-state index in [1.165, 1.54) is 32.0 Å². The minimum atomic E-state index is 0.849. The third-order valence-electron chi connectivity index (χ3n) is 5.23. The van der Waals surface area contributed by atoms with Crippen molar-refractivity contribution < 1.29 is 4.74 Å². The van der Waals surface area contributed by atoms with Gasteiger partial charge in [0, 0.05) is 33.8 Å². The van der Waals surface area contributed by atoms with Crippen LogP contribution < -0.4 is 4.74 Å². The van der Waals surface area contributed by atoms with Crippen LogP contribution in [0.5, 0.6) is 11.5 Å². The molecule has 0 fully saturated rings. The highest BCUT2D eigenvalue weighted by Gasteiger charge is 2.12. The van der Waals surface area contributed by atoms with E-state index < -0.39 is 0 Å². The van der Waals surface area contributed by atoms with Gasteiger partial charge >= 0.3 is 0 Å². The zero-order valence-electron chi connectivity index (χ0n) is 17.9. The SMILES string of the molecule is CSc1ccc(Oc2ccc(SC)cc2Cc2ccccc2)c(Cc2ccccc2)c1. The lowest BCUT2D eigenvalue weighted by Gasteiger charge is -2.16. The maximum absolute atomic E-state index is 6.57. The molecule has 0 saturated carbocycles. The van der Waals surface area contributed by atoms with Gasteiger partial charge in [-0.3, -0.25) is 0 Å². The molecule has 0 saturated heterocycles. The van der Waals surface area contributed by atoms with Crippen molar-refractivity contribution in [3.8, 4) is 11.5 Å². The summed E-state index contributed by atoms with van der Waals surface area (Å²) < 4.78 is 6.57. The molecule has 4 aromatic carbocycles. The van der Waals surface area contributed by atoms with Gasteiger partial charge in [-0.2, -0.15) is 0 Å². The number of thioether (sulfide) groups is 2. The molecule has 0 aliphatic carbocycles. The van der Waals surface area contributed by atoms with Gasteiger partial charge in [0.25, 0.3) is 0 Å². The van der Waals surface area contributed by atoms with Crippen LogP contribution in [-0.4, -0.2) is 12.5 Å². The molecular weight excluding hydrogens is 416 g/mol. The van der Waals surface area contributed by atoms with Crippen LogP contribution in [0.25, 0.3) is 0 Å². The van der Waals surface area contributed by atoms with E-state index in [1.54, 1.807) is 23.5 Å². The van der Waals surface area contributed by atoms with Crippen LogP contribution in [0.1, 0.15) is 22.3 Å². The monoisotopic (exact) mass is 442 g/mol. The molecule has 0 unspecified atom stereocenters. The van der Waals surface area contributed by atoms with Crippen molar-refractivity contribution in [1.29, 1.82) is 0 Å². The van der Waals surface area contributed by atoms with E-state index in [4.69, 9.17) is 4.74 Å². The first-order valence-corrected chi connectivity index (χ1v) is 12.8. The Morgan fingerprint density at radius 3 is 1.35 bits per heavy atom. The molecule has 0 heterocycles. The number of rotatable bonds is 8. The molecule has 0 radical (unpaired) electrons. The molecular formula is C28H26OS2. The minimum Gasteiger partial charge on any atom is -0.457 e. The molecule has 0 N–H and O–H groups in total. The van der Waals surface area contributed by atoms with E-state index >= 15 is 0 Å². The van der Waals surface area contributed by atoms with Crippen LogP contribution in [0.15, 0.2) is 107 Å². The maximum atomic E-state index is 6.57. The summed E-state index contributed by atoms with van der Waals surface area (Å²) in [4.78, 5) is 2.50. The molecule has 0 amide bonds. The Bertz CT molecular complexity index is 1030. The molecule has 0 aliphatic heterocycles. The molecule has 4 aromatic rings. The van der Waals surface area contributed by atoms with Crippen molar-refractivity contribution in [1.82, 2.24) is 0 Å². The molecule has 4 rings (SSSR count). The number of hydrogen-bond donors (Lipinski definition) is 0. The topological polar surface area (TPSA) is 9.23 Å². The molecule has 1 nitrogen and oxygen atoms in total. The summed E-state index contributed by atoms with van der Waals surface area (Å²) in [6.07, 6.45) is 5.92. The van der Waals surface area contributed by atoms with Gasteiger partial charge in [-0.1, -0.05) is 60.7 Å². The van der Waals surface area contributed by atoms with Crippen molar-refractivity contribution in [3.05, 3.63) is 119 Å². The molecule has 3 heteroatoms. The second-order valence-corrected chi connectivity index (χ2v) is 9.13. The van der Waals surface area contributed by atoms with Crippen molar-refractivity contribution in [2.75, 3.05) is 12.5 Å². The van der Waals surface area contributed by atoms with Crippen molar-refractivity contribution in [3.63, 3.8) is 0 Å². The summed E-state index contributed by atoms with van der Waals surface area (Å²) in [7, 11) is 0. The summed E-state index contributed by atoms with van der Waals surface area (Å²) in [5, 5.41) is 0. The smallest absolute Gasteiger partial charge is 0.131 e.